The molecule has 0 atom stereocenters. The number of hydrogen-bond donors (Lipinski definition) is 2. The molecule has 0 saturated carbocycles. The summed E-state index contributed by atoms with van der Waals surface area (Å²) in [5.74, 6) is -1.04. The normalized spacial score (nSPS) is 19.1. The summed E-state index contributed by atoms with van der Waals surface area (Å²) in [4.78, 5) is 13.7. The lowest BCUT2D eigenvalue weighted by molar-refractivity contribution is -0.274. The van der Waals surface area contributed by atoms with Crippen LogP contribution >= 0.6 is 0 Å². The summed E-state index contributed by atoms with van der Waals surface area (Å²) in [5, 5.41) is 21.2. The van der Waals surface area contributed by atoms with Crippen molar-refractivity contribution in [2.45, 2.75) is 55.9 Å². The van der Waals surface area contributed by atoms with Gasteiger partial charge in [-0.25, -0.2) is 18.2 Å². The van der Waals surface area contributed by atoms with Gasteiger partial charge in [-0.05, 0) is 48.7 Å². The molecule has 2 aliphatic rings. The first kappa shape index (κ1) is 29.1. The number of halogens is 3. The number of aromatic nitrogens is 4. The number of amides is 1. The highest BCUT2D eigenvalue weighted by atomic mass is 32.2. The van der Waals surface area contributed by atoms with E-state index in [4.69, 9.17) is 14.7 Å². The van der Waals surface area contributed by atoms with Gasteiger partial charge in [-0.15, -0.1) is 23.4 Å². The van der Waals surface area contributed by atoms with E-state index in [0.29, 0.717) is 38.0 Å². The lowest BCUT2D eigenvalue weighted by Gasteiger charge is -2.40. The predicted molar refractivity (Wildman–Crippen MR) is 127 cm³/mol. The van der Waals surface area contributed by atoms with Gasteiger partial charge < -0.3 is 14.2 Å². The minimum absolute atomic E-state index is 0.0338. The first-order valence-electron chi connectivity index (χ1n) is 12.3. The SMILES string of the molecule is O=C(NO)C1(S(=O)(=O)N2CCC(OCCCn3nnc(-c4ccc(OC(F)(F)F)cc4)n3)CC2)CCOCC1. The molecule has 39 heavy (non-hydrogen) atoms. The highest BCUT2D eigenvalue weighted by molar-refractivity contribution is 7.91. The predicted octanol–water partition coefficient (Wildman–Crippen LogP) is 1.49. The van der Waals surface area contributed by atoms with E-state index in [0.717, 1.165) is 0 Å². The van der Waals surface area contributed by atoms with E-state index < -0.39 is 27.0 Å². The molecule has 2 saturated heterocycles. The fourth-order valence-corrected chi connectivity index (χ4v) is 6.75. The van der Waals surface area contributed by atoms with Crippen LogP contribution in [0.15, 0.2) is 24.3 Å². The van der Waals surface area contributed by atoms with E-state index in [9.17, 15) is 26.4 Å². The number of carbonyl (C=O) groups is 1. The van der Waals surface area contributed by atoms with Crippen molar-refractivity contribution in [3.8, 4) is 17.1 Å². The number of alkyl halides is 3. The number of ether oxygens (including phenoxy) is 3. The van der Waals surface area contributed by atoms with Crippen molar-refractivity contribution in [2.24, 2.45) is 0 Å². The maximum absolute atomic E-state index is 13.3. The molecule has 4 rings (SSSR count). The van der Waals surface area contributed by atoms with E-state index in [1.807, 2.05) is 0 Å². The maximum atomic E-state index is 13.3. The fraction of sp³-hybridized carbons (Fsp3) is 0.636. The summed E-state index contributed by atoms with van der Waals surface area (Å²) in [6.45, 7) is 1.35. The van der Waals surface area contributed by atoms with Crippen LogP contribution in [0.1, 0.15) is 32.1 Å². The summed E-state index contributed by atoms with van der Waals surface area (Å²) in [7, 11) is -4.03. The summed E-state index contributed by atoms with van der Waals surface area (Å²) in [5.41, 5.74) is 1.99. The van der Waals surface area contributed by atoms with Gasteiger partial charge in [-0.2, -0.15) is 4.80 Å². The lowest BCUT2D eigenvalue weighted by atomic mass is 9.98. The van der Waals surface area contributed by atoms with Gasteiger partial charge in [0.15, 0.2) is 4.75 Å². The van der Waals surface area contributed by atoms with Crippen molar-refractivity contribution in [1.82, 2.24) is 30.0 Å². The van der Waals surface area contributed by atoms with Crippen LogP contribution in [0.3, 0.4) is 0 Å². The van der Waals surface area contributed by atoms with E-state index in [2.05, 4.69) is 20.1 Å². The first-order chi connectivity index (χ1) is 18.5. The van der Waals surface area contributed by atoms with Crippen molar-refractivity contribution in [3.63, 3.8) is 0 Å². The van der Waals surface area contributed by atoms with Crippen LogP contribution in [0.2, 0.25) is 0 Å². The van der Waals surface area contributed by atoms with Gasteiger partial charge in [0.2, 0.25) is 15.8 Å². The molecule has 13 nitrogen and oxygen atoms in total. The van der Waals surface area contributed by atoms with Gasteiger partial charge >= 0.3 is 6.36 Å². The molecule has 1 aromatic carbocycles. The third-order valence-corrected chi connectivity index (χ3v) is 9.33. The summed E-state index contributed by atoms with van der Waals surface area (Å²) >= 11 is 0. The van der Waals surface area contributed by atoms with Crippen molar-refractivity contribution in [1.29, 1.82) is 0 Å². The molecule has 17 heteroatoms. The Morgan fingerprint density at radius 1 is 1.18 bits per heavy atom. The number of hydrogen-bond acceptors (Lipinski definition) is 10. The molecular formula is C22H29F3N6O7S. The minimum atomic E-state index is -4.77. The number of tetrazole rings is 1. The second kappa shape index (κ2) is 12.1. The van der Waals surface area contributed by atoms with E-state index in [1.165, 1.54) is 38.8 Å². The number of sulfonamides is 1. The number of piperidine rings is 1. The van der Waals surface area contributed by atoms with Gasteiger partial charge in [0.05, 0.1) is 12.6 Å². The zero-order valence-electron chi connectivity index (χ0n) is 20.8. The number of nitrogens with one attached hydrogen (secondary N) is 1. The Morgan fingerprint density at radius 2 is 1.85 bits per heavy atom. The smallest absolute Gasteiger partial charge is 0.406 e. The van der Waals surface area contributed by atoms with Crippen molar-refractivity contribution < 1.29 is 45.8 Å². The highest BCUT2D eigenvalue weighted by Gasteiger charge is 2.54. The summed E-state index contributed by atoms with van der Waals surface area (Å²) in [6, 6.07) is 5.13. The molecular weight excluding hydrogens is 549 g/mol. The van der Waals surface area contributed by atoms with Crippen LogP contribution in [-0.4, -0.2) is 94.2 Å². The van der Waals surface area contributed by atoms with Gasteiger partial charge in [0, 0.05) is 51.3 Å². The van der Waals surface area contributed by atoms with E-state index in [-0.39, 0.29) is 56.8 Å². The molecule has 2 fully saturated rings. The number of rotatable bonds is 10. The van der Waals surface area contributed by atoms with Gasteiger partial charge in [-0.1, -0.05) is 0 Å². The number of aryl methyl sites for hydroxylation is 1. The van der Waals surface area contributed by atoms with Crippen LogP contribution in [0, 0.1) is 0 Å². The average Bonchev–Trinajstić information content (AvgIpc) is 3.39. The third-order valence-electron chi connectivity index (χ3n) is 6.71. The van der Waals surface area contributed by atoms with Crippen LogP contribution in [0.25, 0.3) is 11.4 Å². The van der Waals surface area contributed by atoms with Gasteiger partial charge in [0.1, 0.15) is 5.75 Å². The molecule has 2 aromatic rings. The maximum Gasteiger partial charge on any atom is 0.573 e. The Morgan fingerprint density at radius 3 is 2.46 bits per heavy atom. The number of hydroxylamine groups is 1. The third kappa shape index (κ3) is 6.84. The second-order valence-corrected chi connectivity index (χ2v) is 11.4. The molecule has 0 radical (unpaired) electrons. The fourth-order valence-electron chi connectivity index (χ4n) is 4.61. The van der Waals surface area contributed by atoms with Gasteiger partial charge in [-0.3, -0.25) is 10.0 Å². The van der Waals surface area contributed by atoms with E-state index in [1.54, 1.807) is 0 Å². The zero-order chi connectivity index (χ0) is 28.1. The van der Waals surface area contributed by atoms with Crippen LogP contribution in [0.5, 0.6) is 5.75 Å². The molecule has 0 aliphatic carbocycles. The molecule has 2 N–H and O–H groups in total. The van der Waals surface area contributed by atoms with Crippen molar-refractivity contribution in [3.05, 3.63) is 24.3 Å². The Bertz CT molecular complexity index is 1210. The Balaban J connectivity index is 1.22. The number of carbonyl (C=O) groups excluding carboxylic acids is 1. The Labute approximate surface area is 222 Å². The average molecular weight is 579 g/mol. The summed E-state index contributed by atoms with van der Waals surface area (Å²) in [6.07, 6.45) is -3.55. The molecule has 0 unspecified atom stereocenters. The largest absolute Gasteiger partial charge is 0.573 e. The quantitative estimate of drug-likeness (QED) is 0.240. The van der Waals surface area contributed by atoms with Crippen molar-refractivity contribution >= 4 is 15.9 Å². The minimum Gasteiger partial charge on any atom is -0.406 e. The molecule has 0 spiro atoms. The topological polar surface area (TPSA) is 158 Å². The molecule has 2 aliphatic heterocycles. The van der Waals surface area contributed by atoms with Crippen LogP contribution < -0.4 is 10.2 Å². The van der Waals surface area contributed by atoms with Crippen molar-refractivity contribution in [2.75, 3.05) is 32.9 Å². The molecule has 216 valence electrons. The Hall–Kier alpha value is -2.86. The van der Waals surface area contributed by atoms with Gasteiger partial charge in [0.25, 0.3) is 5.91 Å². The molecule has 1 amide bonds. The standard InChI is InChI=1S/C22H29F3N6O7S/c23-22(24,25)38-18-4-2-16(3-5-18)19-26-29-31(27-19)10-1-13-37-17-6-11-30(12-7-17)39(34,35)21(20(32)28-33)8-14-36-15-9-21/h2-5,17,33H,1,6-15H2,(H,28,32). The first-order valence-corrected chi connectivity index (χ1v) is 13.8. The lowest BCUT2D eigenvalue weighted by Crippen LogP contribution is -2.60. The van der Waals surface area contributed by atoms with Crippen LogP contribution in [0.4, 0.5) is 13.2 Å². The second-order valence-electron chi connectivity index (χ2n) is 9.16. The van der Waals surface area contributed by atoms with E-state index >= 15 is 0 Å². The highest BCUT2D eigenvalue weighted by Crippen LogP contribution is 2.34. The molecule has 1 aromatic heterocycles. The zero-order valence-corrected chi connectivity index (χ0v) is 21.7. The number of benzene rings is 1. The van der Waals surface area contributed by atoms with Crippen LogP contribution in [-0.2, 0) is 30.8 Å². The Kier molecular flexibility index (Phi) is 9.05. The molecule has 3 heterocycles. The monoisotopic (exact) mass is 578 g/mol. The molecule has 0 bridgehead atoms. The summed E-state index contributed by atoms with van der Waals surface area (Å²) < 4.78 is 78.1. The number of nitrogens with zero attached hydrogens (tertiary/aromatic N) is 5.